The fraction of sp³-hybridized carbons (Fsp3) is 0.619. The Morgan fingerprint density at radius 2 is 1.71 bits per heavy atom. The highest BCUT2D eigenvalue weighted by Crippen LogP contribution is 2.23. The monoisotopic (exact) mass is 397 g/mol. The van der Waals surface area contributed by atoms with Gasteiger partial charge in [-0.15, -0.1) is 0 Å². The third kappa shape index (κ3) is 7.74. The molecule has 1 N–H and O–H groups in total. The van der Waals surface area contributed by atoms with Gasteiger partial charge in [0.2, 0.25) is 0 Å². The summed E-state index contributed by atoms with van der Waals surface area (Å²) in [6.45, 7) is 14.1. The molecule has 28 heavy (non-hydrogen) atoms. The van der Waals surface area contributed by atoms with Crippen molar-refractivity contribution >= 4 is 12.1 Å². The van der Waals surface area contributed by atoms with E-state index in [0.717, 1.165) is 0 Å². The second-order valence-corrected chi connectivity index (χ2v) is 8.25. The number of hydrogen-bond acceptors (Lipinski definition) is 5. The van der Waals surface area contributed by atoms with Crippen LogP contribution in [0, 0.1) is 18.7 Å². The number of carbonyl (C=O) groups excluding carboxylic acids is 2. The molecule has 1 aromatic rings. The number of halogens is 1. The molecule has 7 heteroatoms. The van der Waals surface area contributed by atoms with Crippen LogP contribution in [-0.4, -0.2) is 35.9 Å². The minimum atomic E-state index is -0.879. The second kappa shape index (κ2) is 9.75. The molecule has 1 amide bonds. The lowest BCUT2D eigenvalue weighted by Gasteiger charge is -2.29. The van der Waals surface area contributed by atoms with E-state index in [4.69, 9.17) is 14.2 Å². The Labute approximate surface area is 166 Å². The fourth-order valence-electron chi connectivity index (χ4n) is 2.57. The summed E-state index contributed by atoms with van der Waals surface area (Å²) in [4.78, 5) is 24.3. The van der Waals surface area contributed by atoms with Gasteiger partial charge in [0.25, 0.3) is 0 Å². The van der Waals surface area contributed by atoms with Gasteiger partial charge in [0.15, 0.2) is 0 Å². The number of esters is 1. The molecule has 0 spiro atoms. The molecule has 0 aliphatic carbocycles. The Balaban J connectivity index is 2.74. The van der Waals surface area contributed by atoms with Gasteiger partial charge in [-0.25, -0.2) is 14.0 Å². The molecular formula is C21H32FNO5. The van der Waals surface area contributed by atoms with Crippen LogP contribution >= 0.6 is 0 Å². The summed E-state index contributed by atoms with van der Waals surface area (Å²) in [7, 11) is 0. The number of benzene rings is 1. The zero-order chi connectivity index (χ0) is 21.6. The van der Waals surface area contributed by atoms with Crippen molar-refractivity contribution in [2.24, 2.45) is 5.92 Å². The molecule has 6 nitrogen and oxygen atoms in total. The predicted molar refractivity (Wildman–Crippen MR) is 105 cm³/mol. The Morgan fingerprint density at radius 1 is 1.11 bits per heavy atom. The van der Waals surface area contributed by atoms with Gasteiger partial charge in [0.1, 0.15) is 35.4 Å². The first-order valence-corrected chi connectivity index (χ1v) is 9.43. The van der Waals surface area contributed by atoms with Gasteiger partial charge < -0.3 is 19.5 Å². The van der Waals surface area contributed by atoms with Crippen LogP contribution in [-0.2, 0) is 14.3 Å². The normalized spacial score (nSPS) is 14.8. The SMILES string of the molecule is Cc1cc(F)ccc1O[C@@H](C)[C@H](OC(=O)[C@H](C)NC(=O)OC(C)(C)C)C(C)C. The number of ether oxygens (including phenoxy) is 3. The maximum absolute atomic E-state index is 13.3. The lowest BCUT2D eigenvalue weighted by molar-refractivity contribution is -0.158. The Morgan fingerprint density at radius 3 is 2.21 bits per heavy atom. The van der Waals surface area contributed by atoms with Gasteiger partial charge in [0.05, 0.1) is 0 Å². The van der Waals surface area contributed by atoms with E-state index in [2.05, 4.69) is 5.32 Å². The Bertz CT molecular complexity index is 684. The van der Waals surface area contributed by atoms with Crippen LogP contribution in [0.5, 0.6) is 5.75 Å². The molecule has 0 fully saturated rings. The van der Waals surface area contributed by atoms with Crippen LogP contribution in [0.3, 0.4) is 0 Å². The van der Waals surface area contributed by atoms with E-state index in [-0.39, 0.29) is 11.7 Å². The molecule has 0 saturated carbocycles. The number of amides is 1. The van der Waals surface area contributed by atoms with Gasteiger partial charge in [-0.3, -0.25) is 0 Å². The van der Waals surface area contributed by atoms with Gasteiger partial charge in [-0.2, -0.15) is 0 Å². The molecule has 1 rings (SSSR count). The maximum Gasteiger partial charge on any atom is 0.408 e. The van der Waals surface area contributed by atoms with Crippen LogP contribution < -0.4 is 10.1 Å². The smallest absolute Gasteiger partial charge is 0.408 e. The summed E-state index contributed by atoms with van der Waals surface area (Å²) in [6.07, 6.45) is -1.72. The minimum absolute atomic E-state index is 0.0339. The average Bonchev–Trinajstić information content (AvgIpc) is 2.52. The summed E-state index contributed by atoms with van der Waals surface area (Å²) in [5, 5.41) is 2.47. The number of carbonyl (C=O) groups is 2. The molecular weight excluding hydrogens is 365 g/mol. The van der Waals surface area contributed by atoms with E-state index in [1.54, 1.807) is 40.7 Å². The highest BCUT2D eigenvalue weighted by atomic mass is 19.1. The second-order valence-electron chi connectivity index (χ2n) is 8.25. The van der Waals surface area contributed by atoms with Crippen molar-refractivity contribution < 1.29 is 28.2 Å². The molecule has 0 saturated heterocycles. The zero-order valence-electron chi connectivity index (χ0n) is 18.0. The standard InChI is InChI=1S/C21H32FNO5/c1-12(2)18(15(5)26-17-10-9-16(22)11-13(17)3)27-19(24)14(4)23-20(25)28-21(6,7)8/h9-12,14-15,18H,1-8H3,(H,23,25)/t14-,15-,18+/m0/s1. The van der Waals surface area contributed by atoms with Crippen LogP contribution in [0.15, 0.2) is 18.2 Å². The quantitative estimate of drug-likeness (QED) is 0.691. The molecule has 158 valence electrons. The summed E-state index contributed by atoms with van der Waals surface area (Å²) in [6, 6.07) is 3.37. The van der Waals surface area contributed by atoms with Crippen LogP contribution in [0.1, 0.15) is 54.0 Å². The van der Waals surface area contributed by atoms with E-state index in [0.29, 0.717) is 11.3 Å². The summed E-state index contributed by atoms with van der Waals surface area (Å²) in [5.41, 5.74) is -0.00977. The lowest BCUT2D eigenvalue weighted by Crippen LogP contribution is -2.46. The van der Waals surface area contributed by atoms with Gasteiger partial charge in [-0.05, 0) is 71.2 Å². The summed E-state index contributed by atoms with van der Waals surface area (Å²) >= 11 is 0. The first-order valence-electron chi connectivity index (χ1n) is 9.43. The predicted octanol–water partition coefficient (Wildman–Crippen LogP) is 4.38. The number of nitrogens with one attached hydrogen (secondary N) is 1. The fourth-order valence-corrected chi connectivity index (χ4v) is 2.57. The van der Waals surface area contributed by atoms with Crippen LogP contribution in [0.25, 0.3) is 0 Å². The summed E-state index contributed by atoms with van der Waals surface area (Å²) in [5.74, 6) is -0.439. The first kappa shape index (κ1) is 23.7. The zero-order valence-corrected chi connectivity index (χ0v) is 18.0. The molecule has 0 aromatic heterocycles. The third-order valence-electron chi connectivity index (χ3n) is 3.91. The van der Waals surface area contributed by atoms with Gasteiger partial charge >= 0.3 is 12.1 Å². The van der Waals surface area contributed by atoms with Crippen molar-refractivity contribution in [3.63, 3.8) is 0 Å². The average molecular weight is 397 g/mol. The van der Waals surface area contributed by atoms with Crippen molar-refractivity contribution in [3.05, 3.63) is 29.6 Å². The van der Waals surface area contributed by atoms with E-state index in [1.807, 2.05) is 13.8 Å². The molecule has 0 heterocycles. The Hall–Kier alpha value is -2.31. The number of rotatable bonds is 7. The van der Waals surface area contributed by atoms with Gasteiger partial charge in [0, 0.05) is 0 Å². The summed E-state index contributed by atoms with van der Waals surface area (Å²) < 4.78 is 29.9. The third-order valence-corrected chi connectivity index (χ3v) is 3.91. The van der Waals surface area contributed by atoms with E-state index >= 15 is 0 Å². The van der Waals surface area contributed by atoms with Gasteiger partial charge in [-0.1, -0.05) is 13.8 Å². The molecule has 3 atom stereocenters. The number of hydrogen-bond donors (Lipinski definition) is 1. The number of alkyl carbamates (subject to hydrolysis) is 1. The van der Waals surface area contributed by atoms with Crippen molar-refractivity contribution in [2.75, 3.05) is 0 Å². The number of aryl methyl sites for hydroxylation is 1. The topological polar surface area (TPSA) is 73.9 Å². The molecule has 1 aromatic carbocycles. The van der Waals surface area contributed by atoms with Crippen molar-refractivity contribution in [1.82, 2.24) is 5.32 Å². The molecule has 0 bridgehead atoms. The largest absolute Gasteiger partial charge is 0.487 e. The van der Waals surface area contributed by atoms with Crippen LogP contribution in [0.2, 0.25) is 0 Å². The van der Waals surface area contributed by atoms with Crippen LogP contribution in [0.4, 0.5) is 9.18 Å². The minimum Gasteiger partial charge on any atom is -0.487 e. The lowest BCUT2D eigenvalue weighted by atomic mass is 10.0. The molecule has 0 radical (unpaired) electrons. The highest BCUT2D eigenvalue weighted by Gasteiger charge is 2.30. The van der Waals surface area contributed by atoms with E-state index < -0.39 is 35.9 Å². The molecule has 0 aliphatic rings. The van der Waals surface area contributed by atoms with E-state index in [9.17, 15) is 14.0 Å². The van der Waals surface area contributed by atoms with E-state index in [1.165, 1.54) is 19.1 Å². The maximum atomic E-state index is 13.3. The van der Waals surface area contributed by atoms with Crippen molar-refractivity contribution in [1.29, 1.82) is 0 Å². The first-order chi connectivity index (χ1) is 12.8. The molecule has 0 unspecified atom stereocenters. The van der Waals surface area contributed by atoms with Crippen molar-refractivity contribution in [3.8, 4) is 5.75 Å². The van der Waals surface area contributed by atoms with Crippen molar-refractivity contribution in [2.45, 2.75) is 79.2 Å². The molecule has 0 aliphatic heterocycles. The Kier molecular flexibility index (Phi) is 8.27. The highest BCUT2D eigenvalue weighted by molar-refractivity contribution is 5.81.